The van der Waals surface area contributed by atoms with Gasteiger partial charge in [-0.3, -0.25) is 0 Å². The van der Waals surface area contributed by atoms with Gasteiger partial charge in [0.05, 0.1) is 25.4 Å². The van der Waals surface area contributed by atoms with Crippen molar-refractivity contribution in [3.05, 3.63) is 29.8 Å². The highest BCUT2D eigenvalue weighted by Crippen LogP contribution is 2.68. The highest BCUT2D eigenvalue weighted by Gasteiger charge is 2.63. The summed E-state index contributed by atoms with van der Waals surface area (Å²) >= 11 is 0. The van der Waals surface area contributed by atoms with Gasteiger partial charge in [0.1, 0.15) is 5.75 Å². The van der Waals surface area contributed by atoms with Crippen molar-refractivity contribution in [1.82, 2.24) is 0 Å². The minimum atomic E-state index is -0.624. The van der Waals surface area contributed by atoms with E-state index >= 15 is 0 Å². The fourth-order valence-electron chi connectivity index (χ4n) is 10.3. The molecule has 1 aromatic rings. The largest absolute Gasteiger partial charge is 0.496 e. The second-order valence-corrected chi connectivity index (χ2v) is 13.8. The van der Waals surface area contributed by atoms with E-state index < -0.39 is 18.3 Å². The Bertz CT molecular complexity index is 939. The molecular formula is C32H51NO4. The van der Waals surface area contributed by atoms with Crippen molar-refractivity contribution >= 4 is 0 Å². The van der Waals surface area contributed by atoms with Gasteiger partial charge in [-0.1, -0.05) is 51.8 Å². The molecule has 4 fully saturated rings. The van der Waals surface area contributed by atoms with Crippen molar-refractivity contribution in [3.8, 4) is 5.75 Å². The van der Waals surface area contributed by atoms with Gasteiger partial charge in [0.25, 0.3) is 0 Å². The Labute approximate surface area is 224 Å². The Morgan fingerprint density at radius 3 is 2.43 bits per heavy atom. The highest BCUT2D eigenvalue weighted by molar-refractivity contribution is 5.34. The summed E-state index contributed by atoms with van der Waals surface area (Å²) in [7, 11) is 1.66. The summed E-state index contributed by atoms with van der Waals surface area (Å²) in [6.45, 7) is 7.41. The number of fused-ring (bicyclic) bond motifs is 5. The van der Waals surface area contributed by atoms with Gasteiger partial charge < -0.3 is 25.8 Å². The first-order chi connectivity index (χ1) is 17.6. The molecule has 5 N–H and O–H groups in total. The maximum atomic E-state index is 10.9. The molecule has 2 unspecified atom stereocenters. The topological polar surface area (TPSA) is 95.9 Å². The van der Waals surface area contributed by atoms with Crippen molar-refractivity contribution in [3.63, 3.8) is 0 Å². The molecule has 0 aromatic heterocycles. The van der Waals surface area contributed by atoms with Gasteiger partial charge in [-0.2, -0.15) is 0 Å². The molecule has 37 heavy (non-hydrogen) atoms. The maximum Gasteiger partial charge on any atom is 0.124 e. The smallest absolute Gasteiger partial charge is 0.124 e. The second-order valence-electron chi connectivity index (χ2n) is 13.8. The Morgan fingerprint density at radius 2 is 1.68 bits per heavy atom. The zero-order valence-corrected chi connectivity index (χ0v) is 23.5. The Morgan fingerprint density at radius 1 is 0.973 bits per heavy atom. The average molecular weight is 514 g/mol. The number of benzene rings is 1. The van der Waals surface area contributed by atoms with Crippen molar-refractivity contribution in [1.29, 1.82) is 0 Å². The van der Waals surface area contributed by atoms with Crippen LogP contribution in [0.2, 0.25) is 0 Å². The third-order valence-electron chi connectivity index (χ3n) is 12.2. The molecule has 0 amide bonds. The molecule has 0 saturated heterocycles. The minimum absolute atomic E-state index is 0.0961. The lowest BCUT2D eigenvalue weighted by molar-refractivity contribution is -0.180. The first kappa shape index (κ1) is 27.4. The van der Waals surface area contributed by atoms with Crippen molar-refractivity contribution in [2.24, 2.45) is 52.1 Å². The zero-order chi connectivity index (χ0) is 26.5. The van der Waals surface area contributed by atoms with Crippen LogP contribution in [-0.2, 0) is 0 Å². The predicted molar refractivity (Wildman–Crippen MR) is 147 cm³/mol. The molecule has 4 aliphatic carbocycles. The van der Waals surface area contributed by atoms with Gasteiger partial charge in [-0.05, 0) is 104 Å². The van der Waals surface area contributed by atoms with E-state index in [1.807, 2.05) is 24.3 Å². The van der Waals surface area contributed by atoms with Crippen LogP contribution in [0.5, 0.6) is 5.75 Å². The lowest BCUT2D eigenvalue weighted by atomic mass is 9.43. The molecule has 0 bridgehead atoms. The van der Waals surface area contributed by atoms with E-state index in [4.69, 9.17) is 10.5 Å². The summed E-state index contributed by atoms with van der Waals surface area (Å²) in [5, 5.41) is 32.1. The summed E-state index contributed by atoms with van der Waals surface area (Å²) in [6, 6.07) is 7.93. The number of methoxy groups -OCH3 is 1. The highest BCUT2D eigenvalue weighted by atomic mass is 16.5. The van der Waals surface area contributed by atoms with E-state index in [2.05, 4.69) is 20.8 Å². The van der Waals surface area contributed by atoms with Gasteiger partial charge in [0, 0.05) is 11.6 Å². The predicted octanol–water partition coefficient (Wildman–Crippen LogP) is 5.46. The Kier molecular flexibility index (Phi) is 7.74. The minimum Gasteiger partial charge on any atom is -0.496 e. The number of aliphatic hydroxyl groups excluding tert-OH is 3. The molecule has 5 nitrogen and oxygen atoms in total. The quantitative estimate of drug-likeness (QED) is 0.388. The number of nitrogens with two attached hydrogens (primary N) is 1. The van der Waals surface area contributed by atoms with E-state index in [-0.39, 0.29) is 17.4 Å². The van der Waals surface area contributed by atoms with E-state index in [9.17, 15) is 15.3 Å². The van der Waals surface area contributed by atoms with Crippen molar-refractivity contribution < 1.29 is 20.1 Å². The Hall–Kier alpha value is -1.14. The molecule has 5 rings (SSSR count). The molecular weight excluding hydrogens is 462 g/mol. The van der Waals surface area contributed by atoms with Crippen LogP contribution in [0.25, 0.3) is 0 Å². The van der Waals surface area contributed by atoms with Crippen LogP contribution in [0, 0.1) is 46.3 Å². The first-order valence-corrected chi connectivity index (χ1v) is 15.0. The molecule has 1 aromatic carbocycles. The lowest BCUT2D eigenvalue weighted by Gasteiger charge is -2.63. The molecule has 208 valence electrons. The summed E-state index contributed by atoms with van der Waals surface area (Å²) in [6.07, 6.45) is 8.83. The summed E-state index contributed by atoms with van der Waals surface area (Å²) in [5.41, 5.74) is 8.28. The van der Waals surface area contributed by atoms with Crippen LogP contribution >= 0.6 is 0 Å². The van der Waals surface area contributed by atoms with E-state index in [1.54, 1.807) is 7.11 Å². The molecule has 0 heterocycles. The molecule has 0 spiro atoms. The fourth-order valence-corrected chi connectivity index (χ4v) is 10.3. The van der Waals surface area contributed by atoms with Crippen LogP contribution in [0.3, 0.4) is 0 Å². The molecule has 0 aliphatic heterocycles. The van der Waals surface area contributed by atoms with Crippen molar-refractivity contribution in [2.45, 2.75) is 109 Å². The van der Waals surface area contributed by atoms with Gasteiger partial charge >= 0.3 is 0 Å². The number of hydrogen-bond acceptors (Lipinski definition) is 5. The van der Waals surface area contributed by atoms with E-state index in [0.717, 1.165) is 49.8 Å². The van der Waals surface area contributed by atoms with Crippen LogP contribution < -0.4 is 10.5 Å². The summed E-state index contributed by atoms with van der Waals surface area (Å²) in [5.74, 6) is 3.99. The van der Waals surface area contributed by atoms with Crippen LogP contribution in [0.4, 0.5) is 0 Å². The second kappa shape index (κ2) is 10.4. The zero-order valence-electron chi connectivity index (χ0n) is 23.5. The average Bonchev–Trinajstić information content (AvgIpc) is 3.24. The molecule has 5 heteroatoms. The standard InChI is InChI=1S/C32H51NO4/c1-19(8-7-10-26(34)20-9-5-6-11-28(20)37-4)21-12-13-22-29-23(14-16-31(21,22)2)32(3)17-15-27(35)30(36)24(32)18-25(29)33/h5-6,9,11,19,21-27,29-30,34-36H,7-8,10,12-18,33H2,1-4H3/t19-,21-,22+,23+,24+,25?,26?,27+,29+,30-,31-,32-/m1/s1. The van der Waals surface area contributed by atoms with Gasteiger partial charge in [0.15, 0.2) is 0 Å². The normalized spacial score (nSPS) is 44.9. The SMILES string of the molecule is COc1ccccc1C(O)CCC[C@@H](C)[C@H]1CC[C@H]2[C@@H]3C(N)C[C@H]4[C@@H](O)[C@@H](O)CC[C@]4(C)[C@H]3CC[C@]12C. The Balaban J connectivity index is 1.24. The molecule has 12 atom stereocenters. The third-order valence-corrected chi connectivity index (χ3v) is 12.2. The van der Waals surface area contributed by atoms with Gasteiger partial charge in [0.2, 0.25) is 0 Å². The number of para-hydroxylation sites is 1. The third kappa shape index (κ3) is 4.56. The molecule has 4 aliphatic rings. The number of hydrogen-bond donors (Lipinski definition) is 4. The summed E-state index contributed by atoms with van der Waals surface area (Å²) < 4.78 is 5.45. The number of aliphatic hydroxyl groups is 3. The van der Waals surface area contributed by atoms with Crippen molar-refractivity contribution in [2.75, 3.05) is 7.11 Å². The first-order valence-electron chi connectivity index (χ1n) is 15.0. The van der Waals surface area contributed by atoms with Crippen LogP contribution in [-0.4, -0.2) is 40.7 Å². The number of rotatable bonds is 7. The van der Waals surface area contributed by atoms with Crippen LogP contribution in [0.1, 0.15) is 96.6 Å². The monoisotopic (exact) mass is 513 g/mol. The van der Waals surface area contributed by atoms with E-state index in [1.165, 1.54) is 25.7 Å². The van der Waals surface area contributed by atoms with Gasteiger partial charge in [-0.25, -0.2) is 0 Å². The fraction of sp³-hybridized carbons (Fsp3) is 0.812. The maximum absolute atomic E-state index is 10.9. The van der Waals surface area contributed by atoms with Crippen LogP contribution in [0.15, 0.2) is 24.3 Å². The molecule has 4 saturated carbocycles. The number of ether oxygens (including phenoxy) is 1. The molecule has 0 radical (unpaired) electrons. The lowest BCUT2D eigenvalue weighted by Crippen LogP contribution is -2.63. The van der Waals surface area contributed by atoms with E-state index in [0.29, 0.717) is 35.0 Å². The van der Waals surface area contributed by atoms with Gasteiger partial charge in [-0.15, -0.1) is 0 Å². The summed E-state index contributed by atoms with van der Waals surface area (Å²) in [4.78, 5) is 0.